The molecule has 57 heavy (non-hydrogen) atoms. The minimum atomic E-state index is -0.539. The highest BCUT2D eigenvalue weighted by atomic mass is 19.1. The van der Waals surface area contributed by atoms with Crippen molar-refractivity contribution >= 4 is 35.0 Å². The molecule has 3 aromatic rings. The van der Waals surface area contributed by atoms with Crippen LogP contribution in [0.5, 0.6) is 0 Å². The van der Waals surface area contributed by atoms with Crippen LogP contribution in [0.1, 0.15) is 95.0 Å². The fourth-order valence-corrected chi connectivity index (χ4v) is 9.67. The molecule has 304 valence electrons. The molecular formula is C44H56F2N8O3. The van der Waals surface area contributed by atoms with E-state index >= 15 is 4.39 Å². The summed E-state index contributed by atoms with van der Waals surface area (Å²) in [7, 11) is 0. The van der Waals surface area contributed by atoms with Gasteiger partial charge in [0, 0.05) is 68.0 Å². The van der Waals surface area contributed by atoms with Gasteiger partial charge < -0.3 is 25.3 Å². The maximum atomic E-state index is 15.2. The fraction of sp³-hybridized carbons (Fsp3) is 0.568. The molecule has 4 aliphatic heterocycles. The summed E-state index contributed by atoms with van der Waals surface area (Å²) >= 11 is 0. The zero-order chi connectivity index (χ0) is 39.3. The lowest BCUT2D eigenvalue weighted by molar-refractivity contribution is -0.138. The molecular weight excluding hydrogens is 727 g/mol. The molecule has 1 aliphatic carbocycles. The predicted octanol–water partition coefficient (Wildman–Crippen LogP) is 6.72. The smallest absolute Gasteiger partial charge is 0.249 e. The van der Waals surface area contributed by atoms with Gasteiger partial charge in [-0.15, -0.1) is 0 Å². The Labute approximate surface area is 334 Å². The maximum Gasteiger partial charge on any atom is 0.249 e. The Hall–Kier alpha value is -4.65. The molecule has 0 radical (unpaired) electrons. The number of rotatable bonds is 10. The van der Waals surface area contributed by atoms with Gasteiger partial charge in [0.2, 0.25) is 23.7 Å². The molecule has 3 amide bonds. The van der Waals surface area contributed by atoms with Gasteiger partial charge in [-0.3, -0.25) is 19.7 Å². The van der Waals surface area contributed by atoms with Crippen LogP contribution in [0.15, 0.2) is 48.7 Å². The van der Waals surface area contributed by atoms with E-state index in [9.17, 15) is 18.8 Å². The molecule has 1 unspecified atom stereocenters. The zero-order valence-corrected chi connectivity index (χ0v) is 32.9. The summed E-state index contributed by atoms with van der Waals surface area (Å²) in [5.74, 6) is 0.115. The van der Waals surface area contributed by atoms with E-state index in [1.807, 2.05) is 30.3 Å². The molecule has 5 aliphatic rings. The maximum absolute atomic E-state index is 15.2. The second-order valence-electron chi connectivity index (χ2n) is 16.9. The van der Waals surface area contributed by atoms with Crippen LogP contribution >= 0.6 is 0 Å². The molecule has 2 aromatic carbocycles. The van der Waals surface area contributed by atoms with Gasteiger partial charge in [-0.25, -0.2) is 18.7 Å². The van der Waals surface area contributed by atoms with Crippen molar-refractivity contribution < 1.29 is 23.2 Å². The largest absolute Gasteiger partial charge is 0.374 e. The molecule has 3 N–H and O–H groups in total. The Morgan fingerprint density at radius 2 is 1.58 bits per heavy atom. The number of hydrogen-bond acceptors (Lipinski definition) is 9. The van der Waals surface area contributed by atoms with Crippen LogP contribution in [-0.2, 0) is 14.4 Å². The zero-order valence-electron chi connectivity index (χ0n) is 32.9. The molecule has 4 saturated heterocycles. The first kappa shape index (κ1) is 39.2. The molecule has 5 heterocycles. The van der Waals surface area contributed by atoms with Gasteiger partial charge in [-0.05, 0) is 132 Å². The van der Waals surface area contributed by atoms with Gasteiger partial charge in [0.25, 0.3) is 0 Å². The number of hydrogen-bond donors (Lipinski definition) is 3. The predicted molar refractivity (Wildman–Crippen MR) is 217 cm³/mol. The monoisotopic (exact) mass is 782 g/mol. The summed E-state index contributed by atoms with van der Waals surface area (Å²) in [5, 5.41) is 8.85. The highest BCUT2D eigenvalue weighted by Gasteiger charge is 2.33. The van der Waals surface area contributed by atoms with Crippen molar-refractivity contribution in [3.8, 4) is 11.3 Å². The number of imide groups is 1. The van der Waals surface area contributed by atoms with Crippen molar-refractivity contribution in [2.75, 3.05) is 61.3 Å². The lowest BCUT2D eigenvalue weighted by atomic mass is 9.84. The molecule has 8 rings (SSSR count). The van der Waals surface area contributed by atoms with Gasteiger partial charge in [-0.1, -0.05) is 18.2 Å². The molecule has 13 heteroatoms. The lowest BCUT2D eigenvalue weighted by Crippen LogP contribution is -2.47. The molecule has 0 bridgehead atoms. The van der Waals surface area contributed by atoms with E-state index in [0.717, 1.165) is 114 Å². The number of anilines is 3. The number of carbonyl (C=O) groups excluding carboxylic acids is 3. The van der Waals surface area contributed by atoms with Crippen LogP contribution in [0.2, 0.25) is 0 Å². The van der Waals surface area contributed by atoms with Crippen LogP contribution in [0.3, 0.4) is 0 Å². The third kappa shape index (κ3) is 9.56. The Balaban J connectivity index is 0.751. The lowest BCUT2D eigenvalue weighted by Gasteiger charge is -2.39. The quantitative estimate of drug-likeness (QED) is 0.193. The Kier molecular flexibility index (Phi) is 12.3. The normalized spacial score (nSPS) is 24.3. The minimum Gasteiger partial charge on any atom is -0.374 e. The van der Waals surface area contributed by atoms with E-state index in [1.54, 1.807) is 0 Å². The third-order valence-corrected chi connectivity index (χ3v) is 13.0. The average Bonchev–Trinajstić information content (AvgIpc) is 3.24. The third-order valence-electron chi connectivity index (χ3n) is 13.0. The van der Waals surface area contributed by atoms with Crippen molar-refractivity contribution in [2.24, 2.45) is 11.8 Å². The van der Waals surface area contributed by atoms with E-state index in [2.05, 4.69) is 46.7 Å². The van der Waals surface area contributed by atoms with E-state index in [4.69, 9.17) is 0 Å². The summed E-state index contributed by atoms with van der Waals surface area (Å²) in [4.78, 5) is 53.0. The van der Waals surface area contributed by atoms with Gasteiger partial charge >= 0.3 is 0 Å². The van der Waals surface area contributed by atoms with Gasteiger partial charge in [0.1, 0.15) is 17.6 Å². The summed E-state index contributed by atoms with van der Waals surface area (Å²) in [6.07, 6.45) is 12.7. The Morgan fingerprint density at radius 1 is 0.807 bits per heavy atom. The van der Waals surface area contributed by atoms with Crippen molar-refractivity contribution in [2.45, 2.75) is 101 Å². The first-order chi connectivity index (χ1) is 27.8. The van der Waals surface area contributed by atoms with Gasteiger partial charge in [0.15, 0.2) is 5.82 Å². The number of likely N-dealkylation sites (tertiary alicyclic amines) is 2. The average molecular weight is 783 g/mol. The van der Waals surface area contributed by atoms with Crippen molar-refractivity contribution in [3.05, 3.63) is 65.9 Å². The van der Waals surface area contributed by atoms with Crippen molar-refractivity contribution in [1.29, 1.82) is 0 Å². The molecule has 5 fully saturated rings. The number of amides is 3. The number of carbonyl (C=O) groups is 3. The number of benzene rings is 2. The molecule has 1 aromatic heterocycles. The number of nitrogens with one attached hydrogen (secondary N) is 3. The Morgan fingerprint density at radius 3 is 2.32 bits per heavy atom. The first-order valence-corrected chi connectivity index (χ1v) is 21.3. The highest BCUT2D eigenvalue weighted by molar-refractivity contribution is 6.01. The molecule has 0 spiro atoms. The van der Waals surface area contributed by atoms with E-state index in [0.29, 0.717) is 29.7 Å². The SMILES string of the molecule is O=C1CCC(Nc2ccc(C3CCN(CC4CCN(C(=O)C5CCC(Nc6ncc(F)c(-c7cccc(N8CCCCC8)c7)n6)CC5)CC4)CC3)c(F)c2)C(=O)N1. The minimum absolute atomic E-state index is 0.0310. The summed E-state index contributed by atoms with van der Waals surface area (Å²) in [5.41, 5.74) is 3.44. The second-order valence-corrected chi connectivity index (χ2v) is 16.9. The highest BCUT2D eigenvalue weighted by Crippen LogP contribution is 2.34. The summed E-state index contributed by atoms with van der Waals surface area (Å²) < 4.78 is 30.2. The number of halogens is 2. The van der Waals surface area contributed by atoms with Gasteiger partial charge in [-0.2, -0.15) is 0 Å². The van der Waals surface area contributed by atoms with Crippen LogP contribution in [0.4, 0.5) is 26.1 Å². The second kappa shape index (κ2) is 17.9. The van der Waals surface area contributed by atoms with E-state index < -0.39 is 11.9 Å². The summed E-state index contributed by atoms with van der Waals surface area (Å²) in [6.45, 7) is 6.50. The number of nitrogens with zero attached hydrogens (tertiary/aromatic N) is 5. The standard InChI is InChI=1S/C44H56F2N8O3/c45-37-26-34(48-39-13-14-40(55)50-42(39)56)11-12-36(37)30-17-21-52(22-18-30)28-29-15-23-54(24-16-29)43(57)31-7-9-33(10-8-31)49-44-47-27-38(46)41(51-44)32-5-4-6-35(25-32)53-19-2-1-3-20-53/h4-6,11-12,25-27,29-31,33,39,48H,1-3,7-10,13-24,28H2,(H,47,49,51)(H,50,55,56). The molecule has 1 atom stereocenters. The Bertz CT molecular complexity index is 1900. The number of piperidine rings is 4. The number of aromatic nitrogens is 2. The van der Waals surface area contributed by atoms with E-state index in [-0.39, 0.29) is 47.8 Å². The van der Waals surface area contributed by atoms with Crippen molar-refractivity contribution in [3.63, 3.8) is 0 Å². The fourth-order valence-electron chi connectivity index (χ4n) is 9.67. The van der Waals surface area contributed by atoms with Gasteiger partial charge in [0.05, 0.1) is 6.20 Å². The topological polar surface area (TPSA) is 123 Å². The van der Waals surface area contributed by atoms with Crippen LogP contribution in [-0.4, -0.2) is 95.4 Å². The molecule has 11 nitrogen and oxygen atoms in total. The van der Waals surface area contributed by atoms with Crippen LogP contribution in [0.25, 0.3) is 11.3 Å². The summed E-state index contributed by atoms with van der Waals surface area (Å²) in [6, 6.07) is 12.7. The van der Waals surface area contributed by atoms with Crippen LogP contribution in [0, 0.1) is 23.5 Å². The first-order valence-electron chi connectivity index (χ1n) is 21.3. The van der Waals surface area contributed by atoms with Crippen molar-refractivity contribution in [1.82, 2.24) is 25.1 Å². The molecule has 1 saturated carbocycles. The van der Waals surface area contributed by atoms with E-state index in [1.165, 1.54) is 31.5 Å². The van der Waals surface area contributed by atoms with Crippen LogP contribution < -0.4 is 20.9 Å².